The second kappa shape index (κ2) is 4.03. The van der Waals surface area contributed by atoms with Crippen molar-refractivity contribution in [3.05, 3.63) is 23.2 Å². The lowest BCUT2D eigenvalue weighted by Crippen LogP contribution is -2.31. The average Bonchev–Trinajstić information content (AvgIpc) is 2.72. The molecule has 0 aliphatic rings. The second-order valence-corrected chi connectivity index (χ2v) is 5.15. The molecule has 2 rings (SSSR count). The number of hydrogen-bond acceptors (Lipinski definition) is 4. The summed E-state index contributed by atoms with van der Waals surface area (Å²) >= 11 is 1.64. The van der Waals surface area contributed by atoms with Gasteiger partial charge in [0.2, 0.25) is 0 Å². The van der Waals surface area contributed by atoms with Gasteiger partial charge in [-0.05, 0) is 31.5 Å². The van der Waals surface area contributed by atoms with Crippen molar-refractivity contribution in [1.82, 2.24) is 4.98 Å². The van der Waals surface area contributed by atoms with Gasteiger partial charge in [0, 0.05) is 0 Å². The summed E-state index contributed by atoms with van der Waals surface area (Å²) in [7, 11) is 1.67. The number of aromatic nitrogens is 1. The van der Waals surface area contributed by atoms with Crippen molar-refractivity contribution in [1.29, 1.82) is 0 Å². The summed E-state index contributed by atoms with van der Waals surface area (Å²) in [6.07, 6.45) is 0.879. The van der Waals surface area contributed by atoms with Crippen molar-refractivity contribution in [2.45, 2.75) is 25.8 Å². The van der Waals surface area contributed by atoms with E-state index in [1.165, 1.54) is 0 Å². The summed E-state index contributed by atoms with van der Waals surface area (Å²) in [5.74, 6) is 0.859. The predicted octanol–water partition coefficient (Wildman–Crippen LogP) is 2.89. The highest BCUT2D eigenvalue weighted by Gasteiger charge is 2.23. The summed E-state index contributed by atoms with van der Waals surface area (Å²) in [6, 6.07) is 5.90. The van der Waals surface area contributed by atoms with E-state index in [0.29, 0.717) is 0 Å². The Morgan fingerprint density at radius 3 is 2.88 bits per heavy atom. The molecule has 0 fully saturated rings. The Morgan fingerprint density at radius 2 is 2.25 bits per heavy atom. The smallest absolute Gasteiger partial charge is 0.120 e. The average molecular weight is 236 g/mol. The van der Waals surface area contributed by atoms with Crippen LogP contribution in [-0.2, 0) is 5.54 Å². The number of benzene rings is 1. The molecule has 16 heavy (non-hydrogen) atoms. The van der Waals surface area contributed by atoms with Gasteiger partial charge in [-0.1, -0.05) is 6.92 Å². The van der Waals surface area contributed by atoms with Gasteiger partial charge in [-0.3, -0.25) is 0 Å². The number of methoxy groups -OCH3 is 1. The monoisotopic (exact) mass is 236 g/mol. The fourth-order valence-electron chi connectivity index (χ4n) is 1.43. The molecule has 2 aromatic rings. The molecule has 0 saturated carbocycles. The van der Waals surface area contributed by atoms with Gasteiger partial charge in [-0.25, -0.2) is 4.98 Å². The quantitative estimate of drug-likeness (QED) is 0.891. The van der Waals surface area contributed by atoms with Crippen molar-refractivity contribution >= 4 is 21.6 Å². The molecular weight excluding hydrogens is 220 g/mol. The van der Waals surface area contributed by atoms with E-state index in [4.69, 9.17) is 10.5 Å². The van der Waals surface area contributed by atoms with Crippen molar-refractivity contribution in [2.75, 3.05) is 7.11 Å². The molecule has 1 unspecified atom stereocenters. The molecule has 0 amide bonds. The Kier molecular flexibility index (Phi) is 2.86. The molecule has 86 valence electrons. The van der Waals surface area contributed by atoms with Gasteiger partial charge in [0.15, 0.2) is 0 Å². The minimum Gasteiger partial charge on any atom is -0.497 e. The predicted molar refractivity (Wildman–Crippen MR) is 68.0 cm³/mol. The first-order valence-electron chi connectivity index (χ1n) is 5.31. The highest BCUT2D eigenvalue weighted by molar-refractivity contribution is 7.18. The van der Waals surface area contributed by atoms with E-state index in [-0.39, 0.29) is 5.54 Å². The van der Waals surface area contributed by atoms with E-state index >= 15 is 0 Å². The number of nitrogens with two attached hydrogens (primary N) is 1. The van der Waals surface area contributed by atoms with E-state index in [2.05, 4.69) is 11.9 Å². The van der Waals surface area contributed by atoms with E-state index in [0.717, 1.165) is 27.4 Å². The van der Waals surface area contributed by atoms with Gasteiger partial charge < -0.3 is 10.5 Å². The van der Waals surface area contributed by atoms with Crippen molar-refractivity contribution < 1.29 is 4.74 Å². The normalized spacial score (nSPS) is 15.0. The SMILES string of the molecule is CCC(C)(N)c1nc2ccc(OC)cc2s1. The van der Waals surface area contributed by atoms with Crippen LogP contribution in [0.5, 0.6) is 5.75 Å². The van der Waals surface area contributed by atoms with E-state index in [1.54, 1.807) is 18.4 Å². The van der Waals surface area contributed by atoms with Crippen LogP contribution in [0.2, 0.25) is 0 Å². The van der Waals surface area contributed by atoms with Crippen LogP contribution >= 0.6 is 11.3 Å². The third kappa shape index (κ3) is 1.90. The summed E-state index contributed by atoms with van der Waals surface area (Å²) in [5, 5.41) is 0.984. The largest absolute Gasteiger partial charge is 0.497 e. The van der Waals surface area contributed by atoms with Crippen molar-refractivity contribution in [3.8, 4) is 5.75 Å². The topological polar surface area (TPSA) is 48.1 Å². The standard InChI is InChI=1S/C12H16N2OS/c1-4-12(2,13)11-14-9-6-5-8(15-3)7-10(9)16-11/h5-7H,4,13H2,1-3H3. The first-order chi connectivity index (χ1) is 7.56. The lowest BCUT2D eigenvalue weighted by molar-refractivity contribution is 0.415. The fraction of sp³-hybridized carbons (Fsp3) is 0.417. The molecule has 0 spiro atoms. The van der Waals surface area contributed by atoms with Crippen molar-refractivity contribution in [3.63, 3.8) is 0 Å². The molecule has 0 radical (unpaired) electrons. The number of ether oxygens (including phenoxy) is 1. The Hall–Kier alpha value is -1.13. The Balaban J connectivity index is 2.52. The van der Waals surface area contributed by atoms with Crippen molar-refractivity contribution in [2.24, 2.45) is 5.73 Å². The second-order valence-electron chi connectivity index (χ2n) is 4.12. The highest BCUT2D eigenvalue weighted by Crippen LogP contribution is 2.32. The third-order valence-corrected chi connectivity index (χ3v) is 4.12. The fourth-order valence-corrected chi connectivity index (χ4v) is 2.55. The number of nitrogens with zero attached hydrogens (tertiary/aromatic N) is 1. The highest BCUT2D eigenvalue weighted by atomic mass is 32.1. The van der Waals surface area contributed by atoms with Gasteiger partial charge in [0.1, 0.15) is 10.8 Å². The minimum atomic E-state index is -0.336. The number of rotatable bonds is 3. The number of hydrogen-bond donors (Lipinski definition) is 1. The van der Waals surface area contributed by atoms with Crippen LogP contribution in [0.25, 0.3) is 10.2 Å². The van der Waals surface area contributed by atoms with Crippen LogP contribution < -0.4 is 10.5 Å². The molecule has 1 heterocycles. The molecule has 0 aliphatic carbocycles. The Labute approximate surface area is 99.3 Å². The summed E-state index contributed by atoms with van der Waals surface area (Å²) in [5.41, 5.74) is 6.84. The van der Waals surface area contributed by atoms with Gasteiger partial charge >= 0.3 is 0 Å². The van der Waals surface area contributed by atoms with Gasteiger partial charge in [0.05, 0.1) is 22.9 Å². The van der Waals surface area contributed by atoms with Crippen LogP contribution in [0.15, 0.2) is 18.2 Å². The lowest BCUT2D eigenvalue weighted by atomic mass is 10.0. The zero-order chi connectivity index (χ0) is 11.8. The van der Waals surface area contributed by atoms with Crippen LogP contribution in [0.4, 0.5) is 0 Å². The molecule has 4 heteroatoms. The Bertz CT molecular complexity index is 505. The number of fused-ring (bicyclic) bond motifs is 1. The van der Waals surface area contributed by atoms with Crippen LogP contribution in [0.1, 0.15) is 25.3 Å². The van der Waals surface area contributed by atoms with Crippen LogP contribution in [0, 0.1) is 0 Å². The molecular formula is C12H16N2OS. The Morgan fingerprint density at radius 1 is 1.50 bits per heavy atom. The summed E-state index contributed by atoms with van der Waals surface area (Å²) in [4.78, 5) is 4.57. The lowest BCUT2D eigenvalue weighted by Gasteiger charge is -2.18. The molecule has 0 bridgehead atoms. The summed E-state index contributed by atoms with van der Waals surface area (Å²) < 4.78 is 6.32. The first-order valence-corrected chi connectivity index (χ1v) is 6.12. The maximum absolute atomic E-state index is 6.19. The molecule has 3 nitrogen and oxygen atoms in total. The van der Waals surface area contributed by atoms with E-state index in [1.807, 2.05) is 25.1 Å². The van der Waals surface area contributed by atoms with Gasteiger partial charge in [-0.15, -0.1) is 11.3 Å². The zero-order valence-corrected chi connectivity index (χ0v) is 10.6. The molecule has 1 aromatic carbocycles. The minimum absolute atomic E-state index is 0.336. The van der Waals surface area contributed by atoms with Crippen LogP contribution in [0.3, 0.4) is 0 Å². The van der Waals surface area contributed by atoms with Crippen LogP contribution in [-0.4, -0.2) is 12.1 Å². The third-order valence-electron chi connectivity index (χ3n) is 2.82. The molecule has 0 saturated heterocycles. The maximum Gasteiger partial charge on any atom is 0.120 e. The zero-order valence-electron chi connectivity index (χ0n) is 9.78. The van der Waals surface area contributed by atoms with E-state index < -0.39 is 0 Å². The first kappa shape index (κ1) is 11.4. The van der Waals surface area contributed by atoms with Gasteiger partial charge in [-0.2, -0.15) is 0 Å². The molecule has 0 aliphatic heterocycles. The molecule has 1 aromatic heterocycles. The summed E-state index contributed by atoms with van der Waals surface area (Å²) in [6.45, 7) is 4.09. The maximum atomic E-state index is 6.19. The molecule has 1 atom stereocenters. The van der Waals surface area contributed by atoms with E-state index in [9.17, 15) is 0 Å². The molecule has 2 N–H and O–H groups in total. The van der Waals surface area contributed by atoms with Gasteiger partial charge in [0.25, 0.3) is 0 Å². The number of thiazole rings is 1.